The standard InChI is InChI=1S/C51H90O11/c1-3-5-7-9-11-13-15-17-19-21-22-24-25-27-29-31-33-35-37-39-44(52)59-41-43(42-60-51-48(56)46(54)47(55)49(62-51)50(57)58)61-45(53)40-38-36-34-32-30-28-26-23-20-18-16-14-12-10-8-6-4-2/h11,13,17-20,43,46-49,51,54-56H,3-10,12,14-16,21-42H2,1-2H3,(H,57,58)/b13-11-,19-17-,20-18-. The quantitative estimate of drug-likeness (QED) is 0.0261. The van der Waals surface area contributed by atoms with Crippen molar-refractivity contribution in [2.45, 2.75) is 256 Å². The lowest BCUT2D eigenvalue weighted by molar-refractivity contribution is -0.298. The van der Waals surface area contributed by atoms with Crippen LogP contribution in [0.4, 0.5) is 0 Å². The minimum atomic E-state index is -1.86. The molecule has 11 nitrogen and oxygen atoms in total. The zero-order valence-corrected chi connectivity index (χ0v) is 39.1. The highest BCUT2D eigenvalue weighted by molar-refractivity contribution is 5.73. The van der Waals surface area contributed by atoms with Gasteiger partial charge in [-0.25, -0.2) is 4.79 Å². The molecule has 0 aromatic rings. The molecule has 0 saturated carbocycles. The van der Waals surface area contributed by atoms with Crippen LogP contribution in [0.3, 0.4) is 0 Å². The van der Waals surface area contributed by atoms with Gasteiger partial charge in [0, 0.05) is 12.8 Å². The number of aliphatic hydroxyl groups is 3. The van der Waals surface area contributed by atoms with Gasteiger partial charge in [0.1, 0.15) is 24.9 Å². The molecule has 0 spiro atoms. The molecule has 360 valence electrons. The molecule has 1 aliphatic rings. The number of carboxylic acid groups (broad SMARTS) is 1. The summed E-state index contributed by atoms with van der Waals surface area (Å²) in [5.41, 5.74) is 0. The minimum Gasteiger partial charge on any atom is -0.479 e. The lowest BCUT2D eigenvalue weighted by Gasteiger charge is -2.38. The molecule has 6 atom stereocenters. The molecular formula is C51H90O11. The van der Waals surface area contributed by atoms with Crippen molar-refractivity contribution < 1.29 is 53.8 Å². The van der Waals surface area contributed by atoms with Gasteiger partial charge in [-0.05, 0) is 70.6 Å². The van der Waals surface area contributed by atoms with Crippen LogP contribution >= 0.6 is 0 Å². The van der Waals surface area contributed by atoms with Gasteiger partial charge >= 0.3 is 17.9 Å². The van der Waals surface area contributed by atoms with E-state index in [1.807, 2.05) is 0 Å². The van der Waals surface area contributed by atoms with Crippen LogP contribution in [0, 0.1) is 0 Å². The topological polar surface area (TPSA) is 169 Å². The lowest BCUT2D eigenvalue weighted by Crippen LogP contribution is -2.60. The molecule has 1 heterocycles. The highest BCUT2D eigenvalue weighted by Crippen LogP contribution is 2.23. The second kappa shape index (κ2) is 41.2. The summed E-state index contributed by atoms with van der Waals surface area (Å²) < 4.78 is 21.8. The molecule has 0 aliphatic carbocycles. The summed E-state index contributed by atoms with van der Waals surface area (Å²) in [7, 11) is 0. The number of hydrogen-bond acceptors (Lipinski definition) is 10. The fraction of sp³-hybridized carbons (Fsp3) is 0.824. The summed E-state index contributed by atoms with van der Waals surface area (Å²) in [6, 6.07) is 0. The molecule has 62 heavy (non-hydrogen) atoms. The number of aliphatic hydroxyl groups excluding tert-OH is 3. The van der Waals surface area contributed by atoms with E-state index in [0.29, 0.717) is 12.8 Å². The van der Waals surface area contributed by atoms with Crippen LogP contribution in [0.2, 0.25) is 0 Å². The largest absolute Gasteiger partial charge is 0.479 e. The summed E-state index contributed by atoms with van der Waals surface area (Å²) >= 11 is 0. The summed E-state index contributed by atoms with van der Waals surface area (Å²) in [6.45, 7) is 3.80. The van der Waals surface area contributed by atoms with E-state index in [2.05, 4.69) is 50.3 Å². The van der Waals surface area contributed by atoms with Crippen molar-refractivity contribution in [2.24, 2.45) is 0 Å². The number of hydrogen-bond donors (Lipinski definition) is 4. The van der Waals surface area contributed by atoms with Gasteiger partial charge in [0.25, 0.3) is 0 Å². The van der Waals surface area contributed by atoms with Crippen LogP contribution < -0.4 is 0 Å². The van der Waals surface area contributed by atoms with Crippen LogP contribution in [0.1, 0.15) is 219 Å². The molecule has 4 N–H and O–H groups in total. The first-order chi connectivity index (χ1) is 30.2. The predicted octanol–water partition coefficient (Wildman–Crippen LogP) is 11.5. The Balaban J connectivity index is 2.32. The van der Waals surface area contributed by atoms with Crippen LogP contribution in [0.5, 0.6) is 0 Å². The smallest absolute Gasteiger partial charge is 0.335 e. The number of carbonyl (C=O) groups is 3. The van der Waals surface area contributed by atoms with Gasteiger partial charge in [0.2, 0.25) is 0 Å². The molecule has 1 aliphatic heterocycles. The van der Waals surface area contributed by atoms with Crippen molar-refractivity contribution in [3.8, 4) is 0 Å². The van der Waals surface area contributed by atoms with E-state index in [0.717, 1.165) is 57.8 Å². The third kappa shape index (κ3) is 32.1. The third-order valence-electron chi connectivity index (χ3n) is 11.5. The van der Waals surface area contributed by atoms with E-state index in [1.54, 1.807) is 0 Å². The molecular weight excluding hydrogens is 789 g/mol. The molecule has 1 fully saturated rings. The van der Waals surface area contributed by atoms with E-state index in [9.17, 15) is 34.8 Å². The van der Waals surface area contributed by atoms with Gasteiger partial charge in [-0.2, -0.15) is 0 Å². The van der Waals surface area contributed by atoms with E-state index >= 15 is 0 Å². The summed E-state index contributed by atoms with van der Waals surface area (Å²) in [6.07, 6.45) is 39.0. The van der Waals surface area contributed by atoms with Crippen LogP contribution in [-0.4, -0.2) is 88.4 Å². The normalized spacial score (nSPS) is 19.8. The van der Waals surface area contributed by atoms with Gasteiger partial charge in [-0.1, -0.05) is 172 Å². The molecule has 0 amide bonds. The number of rotatable bonds is 42. The highest BCUT2D eigenvalue weighted by Gasteiger charge is 2.47. The average molecular weight is 879 g/mol. The number of aliphatic carboxylic acids is 1. The molecule has 0 radical (unpaired) electrons. The summed E-state index contributed by atoms with van der Waals surface area (Å²) in [5.74, 6) is -2.45. The number of carbonyl (C=O) groups excluding carboxylic acids is 2. The van der Waals surface area contributed by atoms with Gasteiger partial charge in [-0.3, -0.25) is 9.59 Å². The number of allylic oxidation sites excluding steroid dienone is 6. The Bertz CT molecular complexity index is 1170. The predicted molar refractivity (Wildman–Crippen MR) is 248 cm³/mol. The van der Waals surface area contributed by atoms with E-state index in [4.69, 9.17) is 18.9 Å². The second-order valence-electron chi connectivity index (χ2n) is 17.3. The van der Waals surface area contributed by atoms with E-state index in [-0.39, 0.29) is 19.4 Å². The summed E-state index contributed by atoms with van der Waals surface area (Å²) in [4.78, 5) is 36.9. The van der Waals surface area contributed by atoms with E-state index in [1.165, 1.54) is 122 Å². The van der Waals surface area contributed by atoms with Crippen molar-refractivity contribution in [3.05, 3.63) is 36.5 Å². The first-order valence-corrected chi connectivity index (χ1v) is 25.0. The first-order valence-electron chi connectivity index (χ1n) is 25.0. The molecule has 0 aromatic heterocycles. The van der Waals surface area contributed by atoms with Gasteiger partial charge in [0.15, 0.2) is 18.5 Å². The molecule has 1 saturated heterocycles. The monoisotopic (exact) mass is 879 g/mol. The Morgan fingerprint density at radius 1 is 0.500 bits per heavy atom. The SMILES string of the molecule is CCCCC/C=C\C/C=C\CCCCCCCCCCCC(=O)OCC(COC1OC(C(=O)O)C(O)C(O)C1O)OC(=O)CCCCCCCCC/C=C\CCCCCCCC. The number of unbranched alkanes of at least 4 members (excludes halogenated alkanes) is 25. The fourth-order valence-corrected chi connectivity index (χ4v) is 7.49. The highest BCUT2D eigenvalue weighted by atomic mass is 16.7. The molecule has 0 aromatic carbocycles. The van der Waals surface area contributed by atoms with Crippen LogP contribution in [0.25, 0.3) is 0 Å². The number of esters is 2. The van der Waals surface area contributed by atoms with Crippen LogP contribution in [0.15, 0.2) is 36.5 Å². The Labute approximate surface area is 376 Å². The molecule has 1 rings (SSSR count). The van der Waals surface area contributed by atoms with Gasteiger partial charge in [0.05, 0.1) is 6.61 Å². The van der Waals surface area contributed by atoms with Crippen molar-refractivity contribution in [1.82, 2.24) is 0 Å². The Hall–Kier alpha value is -2.57. The number of ether oxygens (including phenoxy) is 4. The Morgan fingerprint density at radius 3 is 1.39 bits per heavy atom. The van der Waals surface area contributed by atoms with Gasteiger partial charge in [-0.15, -0.1) is 0 Å². The fourth-order valence-electron chi connectivity index (χ4n) is 7.49. The Kier molecular flexibility index (Phi) is 38.1. The van der Waals surface area contributed by atoms with Crippen molar-refractivity contribution in [1.29, 1.82) is 0 Å². The summed E-state index contributed by atoms with van der Waals surface area (Å²) in [5, 5.41) is 39.9. The average Bonchev–Trinajstić information content (AvgIpc) is 3.26. The molecule has 6 unspecified atom stereocenters. The molecule has 11 heteroatoms. The zero-order valence-electron chi connectivity index (χ0n) is 39.1. The van der Waals surface area contributed by atoms with Crippen molar-refractivity contribution in [3.63, 3.8) is 0 Å². The second-order valence-corrected chi connectivity index (χ2v) is 17.3. The van der Waals surface area contributed by atoms with Crippen molar-refractivity contribution >= 4 is 17.9 Å². The Morgan fingerprint density at radius 2 is 0.903 bits per heavy atom. The van der Waals surface area contributed by atoms with Crippen molar-refractivity contribution in [2.75, 3.05) is 13.2 Å². The lowest BCUT2D eigenvalue weighted by atomic mass is 9.99. The van der Waals surface area contributed by atoms with E-state index < -0.39 is 61.3 Å². The maximum Gasteiger partial charge on any atom is 0.335 e. The number of carboxylic acids is 1. The molecule has 0 bridgehead atoms. The maximum absolute atomic E-state index is 12.8. The zero-order chi connectivity index (χ0) is 45.3. The maximum atomic E-state index is 12.8. The van der Waals surface area contributed by atoms with Gasteiger partial charge < -0.3 is 39.4 Å². The van der Waals surface area contributed by atoms with Crippen LogP contribution in [-0.2, 0) is 33.3 Å². The first kappa shape index (κ1) is 57.4. The third-order valence-corrected chi connectivity index (χ3v) is 11.5. The minimum absolute atomic E-state index is 0.178.